The number of amides is 1. The van der Waals surface area contributed by atoms with Crippen LogP contribution in [-0.2, 0) is 6.54 Å². The van der Waals surface area contributed by atoms with Gasteiger partial charge in [0, 0.05) is 21.5 Å². The quantitative estimate of drug-likeness (QED) is 0.429. The van der Waals surface area contributed by atoms with Crippen molar-refractivity contribution in [2.45, 2.75) is 13.5 Å². The van der Waals surface area contributed by atoms with Crippen molar-refractivity contribution < 1.29 is 18.3 Å². The van der Waals surface area contributed by atoms with E-state index in [1.807, 2.05) is 41.8 Å². The Balaban J connectivity index is 1.76. The third kappa shape index (κ3) is 3.39. The van der Waals surface area contributed by atoms with Crippen LogP contribution in [0.1, 0.15) is 21.0 Å². The van der Waals surface area contributed by atoms with E-state index in [-0.39, 0.29) is 17.5 Å². The maximum atomic E-state index is 13.6. The molecule has 0 atom stereocenters. The first-order valence-corrected chi connectivity index (χ1v) is 9.61. The van der Waals surface area contributed by atoms with Gasteiger partial charge in [0.1, 0.15) is 17.1 Å². The standard InChI is InChI=1S/C22H18FNO3S/c1-14-19-12-15(23)5-10-20(19)27-21(14)22(25)24(13-18-4-3-11-28-18)16-6-8-17(26-2)9-7-16/h3-12H,13H2,1-2H3. The minimum Gasteiger partial charge on any atom is -0.497 e. The third-order valence-corrected chi connectivity index (χ3v) is 5.48. The maximum Gasteiger partial charge on any atom is 0.294 e. The van der Waals surface area contributed by atoms with Crippen LogP contribution in [-0.4, -0.2) is 13.0 Å². The highest BCUT2D eigenvalue weighted by atomic mass is 32.1. The molecule has 0 bridgehead atoms. The monoisotopic (exact) mass is 395 g/mol. The SMILES string of the molecule is COc1ccc(N(Cc2cccs2)C(=O)c2oc3ccc(F)cc3c2C)cc1. The van der Waals surface area contributed by atoms with Crippen LogP contribution < -0.4 is 9.64 Å². The van der Waals surface area contributed by atoms with Gasteiger partial charge in [-0.3, -0.25) is 4.79 Å². The van der Waals surface area contributed by atoms with E-state index >= 15 is 0 Å². The minimum absolute atomic E-state index is 0.216. The van der Waals surface area contributed by atoms with Crippen LogP contribution in [0.25, 0.3) is 11.0 Å². The van der Waals surface area contributed by atoms with Crippen molar-refractivity contribution >= 4 is 33.9 Å². The highest BCUT2D eigenvalue weighted by molar-refractivity contribution is 7.09. The van der Waals surface area contributed by atoms with Gasteiger partial charge in [-0.1, -0.05) is 6.07 Å². The summed E-state index contributed by atoms with van der Waals surface area (Å²) in [5.41, 5.74) is 1.85. The topological polar surface area (TPSA) is 42.7 Å². The third-order valence-electron chi connectivity index (χ3n) is 4.62. The van der Waals surface area contributed by atoms with Crippen LogP contribution in [0, 0.1) is 12.7 Å². The number of thiophene rings is 1. The molecule has 0 spiro atoms. The number of furan rings is 1. The molecule has 0 N–H and O–H groups in total. The molecule has 0 aliphatic rings. The van der Waals surface area contributed by atoms with Gasteiger partial charge in [-0.05, 0) is 60.8 Å². The van der Waals surface area contributed by atoms with Gasteiger partial charge in [0.25, 0.3) is 5.91 Å². The van der Waals surface area contributed by atoms with Crippen molar-refractivity contribution in [2.24, 2.45) is 0 Å². The molecule has 4 nitrogen and oxygen atoms in total. The molecule has 1 amide bonds. The summed E-state index contributed by atoms with van der Waals surface area (Å²) in [5.74, 6) is 0.296. The lowest BCUT2D eigenvalue weighted by Crippen LogP contribution is -2.30. The number of anilines is 1. The second-order valence-electron chi connectivity index (χ2n) is 6.37. The highest BCUT2D eigenvalue weighted by Gasteiger charge is 2.25. The Morgan fingerprint density at radius 2 is 1.96 bits per heavy atom. The number of rotatable bonds is 5. The van der Waals surface area contributed by atoms with Gasteiger partial charge in [0.15, 0.2) is 5.76 Å². The van der Waals surface area contributed by atoms with E-state index in [0.717, 1.165) is 10.6 Å². The molecule has 6 heteroatoms. The molecule has 0 saturated carbocycles. The van der Waals surface area contributed by atoms with Crippen molar-refractivity contribution in [1.29, 1.82) is 0 Å². The molecule has 0 saturated heterocycles. The Kier molecular flexibility index (Phi) is 4.88. The Bertz CT molecular complexity index is 1120. The number of carbonyl (C=O) groups is 1. The van der Waals surface area contributed by atoms with Gasteiger partial charge in [-0.2, -0.15) is 0 Å². The minimum atomic E-state index is -0.360. The molecule has 0 aliphatic heterocycles. The van der Waals surface area contributed by atoms with E-state index in [1.54, 1.807) is 36.3 Å². The van der Waals surface area contributed by atoms with E-state index in [0.29, 0.717) is 28.8 Å². The number of aryl methyl sites for hydroxylation is 1. The first-order chi connectivity index (χ1) is 13.6. The lowest BCUT2D eigenvalue weighted by molar-refractivity contribution is 0.0960. The molecule has 142 valence electrons. The second kappa shape index (κ2) is 7.48. The smallest absolute Gasteiger partial charge is 0.294 e. The summed E-state index contributed by atoms with van der Waals surface area (Å²) in [7, 11) is 1.60. The normalized spacial score (nSPS) is 11.0. The van der Waals surface area contributed by atoms with Crippen LogP contribution in [0.15, 0.2) is 64.4 Å². The summed E-state index contributed by atoms with van der Waals surface area (Å²) in [6, 6.07) is 15.5. The van der Waals surface area contributed by atoms with Crippen LogP contribution in [0.5, 0.6) is 5.75 Å². The van der Waals surface area contributed by atoms with Gasteiger partial charge >= 0.3 is 0 Å². The van der Waals surface area contributed by atoms with Crippen LogP contribution in [0.2, 0.25) is 0 Å². The van der Waals surface area contributed by atoms with E-state index in [2.05, 4.69) is 0 Å². The fourth-order valence-electron chi connectivity index (χ4n) is 3.12. The number of ether oxygens (including phenoxy) is 1. The predicted molar refractivity (Wildman–Crippen MR) is 109 cm³/mol. The van der Waals surface area contributed by atoms with Gasteiger partial charge in [-0.25, -0.2) is 4.39 Å². The number of methoxy groups -OCH3 is 1. The Hall–Kier alpha value is -3.12. The van der Waals surface area contributed by atoms with Gasteiger partial charge in [0.2, 0.25) is 0 Å². The number of hydrogen-bond donors (Lipinski definition) is 0. The van der Waals surface area contributed by atoms with Crippen LogP contribution in [0.3, 0.4) is 0 Å². The largest absolute Gasteiger partial charge is 0.497 e. The first kappa shape index (κ1) is 18.3. The van der Waals surface area contributed by atoms with Crippen molar-refractivity contribution in [3.8, 4) is 5.75 Å². The molecule has 0 radical (unpaired) electrons. The predicted octanol–water partition coefficient (Wildman–Crippen LogP) is 5.80. The molecule has 28 heavy (non-hydrogen) atoms. The molecule has 2 aromatic heterocycles. The molecular formula is C22H18FNO3S. The molecule has 0 unspecified atom stereocenters. The van der Waals surface area contributed by atoms with E-state index in [1.165, 1.54) is 12.1 Å². The summed E-state index contributed by atoms with van der Waals surface area (Å²) in [4.78, 5) is 16.1. The number of nitrogens with zero attached hydrogens (tertiary/aromatic N) is 1. The number of carbonyl (C=O) groups excluding carboxylic acids is 1. The summed E-state index contributed by atoms with van der Waals surface area (Å²) >= 11 is 1.58. The zero-order valence-electron chi connectivity index (χ0n) is 15.4. The van der Waals surface area contributed by atoms with Gasteiger partial charge < -0.3 is 14.1 Å². The van der Waals surface area contributed by atoms with Crippen LogP contribution in [0.4, 0.5) is 10.1 Å². The average molecular weight is 395 g/mol. The molecule has 0 aliphatic carbocycles. The average Bonchev–Trinajstić information content (AvgIpc) is 3.34. The fourth-order valence-corrected chi connectivity index (χ4v) is 3.81. The fraction of sp³-hybridized carbons (Fsp3) is 0.136. The van der Waals surface area contributed by atoms with Crippen molar-refractivity contribution in [3.63, 3.8) is 0 Å². The van der Waals surface area contributed by atoms with Gasteiger partial charge in [0.05, 0.1) is 13.7 Å². The molecular weight excluding hydrogens is 377 g/mol. The first-order valence-electron chi connectivity index (χ1n) is 8.74. The van der Waals surface area contributed by atoms with Gasteiger partial charge in [-0.15, -0.1) is 11.3 Å². The number of hydrogen-bond acceptors (Lipinski definition) is 4. The van der Waals surface area contributed by atoms with Crippen molar-refractivity contribution in [2.75, 3.05) is 12.0 Å². The molecule has 4 aromatic rings. The van der Waals surface area contributed by atoms with E-state index in [4.69, 9.17) is 9.15 Å². The number of fused-ring (bicyclic) bond motifs is 1. The number of halogens is 1. The molecule has 2 aromatic carbocycles. The highest BCUT2D eigenvalue weighted by Crippen LogP contribution is 2.30. The van der Waals surface area contributed by atoms with E-state index in [9.17, 15) is 9.18 Å². The Morgan fingerprint density at radius 1 is 1.18 bits per heavy atom. The zero-order chi connectivity index (χ0) is 19.7. The number of benzene rings is 2. The Labute approximate surface area is 165 Å². The maximum absolute atomic E-state index is 13.6. The summed E-state index contributed by atoms with van der Waals surface area (Å²) in [5, 5.41) is 2.58. The lowest BCUT2D eigenvalue weighted by Gasteiger charge is -2.22. The Morgan fingerprint density at radius 3 is 2.64 bits per heavy atom. The summed E-state index contributed by atoms with van der Waals surface area (Å²) in [6.07, 6.45) is 0. The van der Waals surface area contributed by atoms with Crippen molar-refractivity contribution in [1.82, 2.24) is 0 Å². The molecule has 0 fully saturated rings. The second-order valence-corrected chi connectivity index (χ2v) is 7.40. The summed E-state index contributed by atoms with van der Waals surface area (Å²) < 4.78 is 24.6. The lowest BCUT2D eigenvalue weighted by atomic mass is 10.1. The van der Waals surface area contributed by atoms with Crippen LogP contribution >= 0.6 is 11.3 Å². The summed E-state index contributed by atoms with van der Waals surface area (Å²) in [6.45, 7) is 2.18. The molecule has 2 heterocycles. The van der Waals surface area contributed by atoms with E-state index < -0.39 is 0 Å². The van der Waals surface area contributed by atoms with Crippen molar-refractivity contribution in [3.05, 3.63) is 82.0 Å². The molecule has 4 rings (SSSR count). The zero-order valence-corrected chi connectivity index (χ0v) is 16.3.